The number of nitriles is 1. The smallest absolute Gasteiger partial charge is 0.0857 e. The van der Waals surface area contributed by atoms with Gasteiger partial charge in [-0.3, -0.25) is 0 Å². The average molecular weight is 210 g/mol. The minimum absolute atomic E-state index is 0.350. The molecule has 0 aromatic heterocycles. The summed E-state index contributed by atoms with van der Waals surface area (Å²) in [5.41, 5.74) is -1.43. The number of likely N-dealkylation sites (tertiary alicyclic amines) is 1. The SMILES string of the molecule is CCC(C)(C#N)C1(O)CCN(C)C(C)C1. The van der Waals surface area contributed by atoms with Gasteiger partial charge in [0.2, 0.25) is 0 Å². The predicted octanol–water partition coefficient (Wildman–Crippen LogP) is 1.77. The molecule has 3 heteroatoms. The first-order valence-electron chi connectivity index (χ1n) is 5.72. The van der Waals surface area contributed by atoms with Gasteiger partial charge in [-0.1, -0.05) is 6.92 Å². The first-order chi connectivity index (χ1) is 6.88. The molecule has 3 atom stereocenters. The van der Waals surface area contributed by atoms with Crippen molar-refractivity contribution in [3.63, 3.8) is 0 Å². The van der Waals surface area contributed by atoms with Crippen LogP contribution in [0, 0.1) is 16.7 Å². The first kappa shape index (κ1) is 12.5. The minimum Gasteiger partial charge on any atom is -0.388 e. The minimum atomic E-state index is -0.817. The van der Waals surface area contributed by atoms with E-state index in [1.807, 2.05) is 13.8 Å². The Balaban J connectivity index is 2.89. The Morgan fingerprint density at radius 1 is 1.67 bits per heavy atom. The van der Waals surface area contributed by atoms with Crippen molar-refractivity contribution in [2.75, 3.05) is 13.6 Å². The quantitative estimate of drug-likeness (QED) is 0.755. The summed E-state index contributed by atoms with van der Waals surface area (Å²) < 4.78 is 0. The summed E-state index contributed by atoms with van der Waals surface area (Å²) in [5.74, 6) is 0. The molecule has 3 nitrogen and oxygen atoms in total. The van der Waals surface area contributed by atoms with Gasteiger partial charge in [0.15, 0.2) is 0 Å². The standard InChI is InChI=1S/C12H22N2O/c1-5-11(3,9-13)12(15)6-7-14(4)10(2)8-12/h10,15H,5-8H2,1-4H3. The van der Waals surface area contributed by atoms with E-state index in [0.717, 1.165) is 6.54 Å². The zero-order valence-electron chi connectivity index (χ0n) is 10.2. The Labute approximate surface area is 92.7 Å². The number of hydrogen-bond donors (Lipinski definition) is 1. The second-order valence-corrected chi connectivity index (χ2v) is 5.11. The van der Waals surface area contributed by atoms with E-state index in [1.54, 1.807) is 0 Å². The molecule has 0 radical (unpaired) electrons. The summed E-state index contributed by atoms with van der Waals surface area (Å²) in [7, 11) is 2.07. The van der Waals surface area contributed by atoms with E-state index in [0.29, 0.717) is 25.3 Å². The molecule has 0 saturated carbocycles. The number of nitrogens with zero attached hydrogens (tertiary/aromatic N) is 2. The molecule has 86 valence electrons. The van der Waals surface area contributed by atoms with Gasteiger partial charge in [0.1, 0.15) is 0 Å². The van der Waals surface area contributed by atoms with Crippen LogP contribution in [0.15, 0.2) is 0 Å². The van der Waals surface area contributed by atoms with E-state index in [-0.39, 0.29) is 0 Å². The maximum absolute atomic E-state index is 10.6. The van der Waals surface area contributed by atoms with Crippen LogP contribution in [-0.2, 0) is 0 Å². The topological polar surface area (TPSA) is 47.3 Å². The Hall–Kier alpha value is -0.590. The van der Waals surface area contributed by atoms with Crippen LogP contribution in [0.25, 0.3) is 0 Å². The molecule has 0 aliphatic carbocycles. The van der Waals surface area contributed by atoms with Gasteiger partial charge >= 0.3 is 0 Å². The van der Waals surface area contributed by atoms with E-state index >= 15 is 0 Å². The molecule has 3 unspecified atom stereocenters. The van der Waals surface area contributed by atoms with E-state index < -0.39 is 11.0 Å². The van der Waals surface area contributed by atoms with Crippen LogP contribution in [0.5, 0.6) is 0 Å². The molecule has 1 saturated heterocycles. The average Bonchev–Trinajstić information content (AvgIpc) is 2.22. The lowest BCUT2D eigenvalue weighted by molar-refractivity contribution is -0.102. The van der Waals surface area contributed by atoms with Crippen LogP contribution in [0.4, 0.5) is 0 Å². The van der Waals surface area contributed by atoms with Crippen LogP contribution in [0.3, 0.4) is 0 Å². The summed E-state index contributed by atoms with van der Waals surface area (Å²) in [6, 6.07) is 2.66. The number of rotatable bonds is 2. The van der Waals surface area contributed by atoms with Crippen molar-refractivity contribution in [3.8, 4) is 6.07 Å². The van der Waals surface area contributed by atoms with Gasteiger partial charge in [-0.15, -0.1) is 0 Å². The third-order valence-corrected chi connectivity index (χ3v) is 4.24. The number of piperidine rings is 1. The van der Waals surface area contributed by atoms with E-state index in [1.165, 1.54) is 0 Å². The lowest BCUT2D eigenvalue weighted by atomic mass is 9.66. The van der Waals surface area contributed by atoms with Gasteiger partial charge in [-0.2, -0.15) is 5.26 Å². The highest BCUT2D eigenvalue weighted by molar-refractivity contribution is 5.10. The van der Waals surface area contributed by atoms with Crippen molar-refractivity contribution >= 4 is 0 Å². The molecule has 0 aromatic rings. The molecular weight excluding hydrogens is 188 g/mol. The third kappa shape index (κ3) is 2.02. The molecular formula is C12H22N2O. The maximum atomic E-state index is 10.6. The second kappa shape index (κ2) is 4.11. The van der Waals surface area contributed by atoms with Gasteiger partial charge in [0.05, 0.1) is 17.1 Å². The molecule has 0 spiro atoms. The zero-order valence-corrected chi connectivity index (χ0v) is 10.2. The van der Waals surface area contributed by atoms with Crippen LogP contribution in [-0.4, -0.2) is 35.2 Å². The van der Waals surface area contributed by atoms with Gasteiger partial charge < -0.3 is 10.0 Å². The Bertz CT molecular complexity index is 273. The van der Waals surface area contributed by atoms with Gasteiger partial charge in [-0.05, 0) is 40.2 Å². The van der Waals surface area contributed by atoms with E-state index in [4.69, 9.17) is 0 Å². The first-order valence-corrected chi connectivity index (χ1v) is 5.72. The van der Waals surface area contributed by atoms with Crippen LogP contribution in [0.2, 0.25) is 0 Å². The molecule has 0 aromatic carbocycles. The molecule has 1 aliphatic rings. The van der Waals surface area contributed by atoms with Crippen molar-refractivity contribution in [1.29, 1.82) is 5.26 Å². The Kier molecular flexibility index (Phi) is 3.42. The highest BCUT2D eigenvalue weighted by Gasteiger charge is 2.49. The number of hydrogen-bond acceptors (Lipinski definition) is 3. The molecule has 1 rings (SSSR count). The summed E-state index contributed by atoms with van der Waals surface area (Å²) in [5, 5.41) is 19.9. The second-order valence-electron chi connectivity index (χ2n) is 5.11. The third-order valence-electron chi connectivity index (χ3n) is 4.24. The molecule has 1 aliphatic heterocycles. The van der Waals surface area contributed by atoms with Crippen molar-refractivity contribution < 1.29 is 5.11 Å². The van der Waals surface area contributed by atoms with Crippen LogP contribution >= 0.6 is 0 Å². The predicted molar refractivity (Wildman–Crippen MR) is 60.3 cm³/mol. The summed E-state index contributed by atoms with van der Waals surface area (Å²) in [4.78, 5) is 2.24. The monoisotopic (exact) mass is 210 g/mol. The van der Waals surface area contributed by atoms with Crippen molar-refractivity contribution in [3.05, 3.63) is 0 Å². The molecule has 1 heterocycles. The van der Waals surface area contributed by atoms with E-state index in [9.17, 15) is 10.4 Å². The highest BCUT2D eigenvalue weighted by atomic mass is 16.3. The highest BCUT2D eigenvalue weighted by Crippen LogP contribution is 2.42. The summed E-state index contributed by atoms with van der Waals surface area (Å²) in [6.07, 6.45) is 2.10. The largest absolute Gasteiger partial charge is 0.388 e. The fourth-order valence-corrected chi connectivity index (χ4v) is 2.34. The summed E-state index contributed by atoms with van der Waals surface area (Å²) >= 11 is 0. The van der Waals surface area contributed by atoms with Crippen molar-refractivity contribution in [1.82, 2.24) is 4.90 Å². The summed E-state index contributed by atoms with van der Waals surface area (Å²) in [6.45, 7) is 6.84. The Morgan fingerprint density at radius 3 is 2.67 bits per heavy atom. The van der Waals surface area contributed by atoms with Crippen molar-refractivity contribution in [2.45, 2.75) is 51.7 Å². The van der Waals surface area contributed by atoms with Crippen LogP contribution < -0.4 is 0 Å². The molecule has 15 heavy (non-hydrogen) atoms. The van der Waals surface area contributed by atoms with Crippen molar-refractivity contribution in [2.24, 2.45) is 5.41 Å². The number of aliphatic hydroxyl groups is 1. The van der Waals surface area contributed by atoms with Gasteiger partial charge in [0.25, 0.3) is 0 Å². The lowest BCUT2D eigenvalue weighted by Gasteiger charge is -2.47. The molecule has 1 N–H and O–H groups in total. The van der Waals surface area contributed by atoms with E-state index in [2.05, 4.69) is 24.9 Å². The van der Waals surface area contributed by atoms with Crippen LogP contribution in [0.1, 0.15) is 40.0 Å². The van der Waals surface area contributed by atoms with Gasteiger partial charge in [-0.25, -0.2) is 0 Å². The molecule has 0 amide bonds. The fraction of sp³-hybridized carbons (Fsp3) is 0.917. The zero-order chi connectivity index (χ0) is 11.7. The fourth-order valence-electron chi connectivity index (χ4n) is 2.34. The molecule has 1 fully saturated rings. The Morgan fingerprint density at radius 2 is 2.27 bits per heavy atom. The molecule has 0 bridgehead atoms. The normalized spacial score (nSPS) is 36.9. The lowest BCUT2D eigenvalue weighted by Crippen LogP contribution is -2.55. The maximum Gasteiger partial charge on any atom is 0.0857 e. The van der Waals surface area contributed by atoms with Gasteiger partial charge in [0, 0.05) is 12.6 Å².